The van der Waals surface area contributed by atoms with Crippen LogP contribution < -0.4 is 4.74 Å². The summed E-state index contributed by atoms with van der Waals surface area (Å²) >= 11 is 0. The van der Waals surface area contributed by atoms with Crippen molar-refractivity contribution in [3.05, 3.63) is 42.5 Å². The maximum atomic E-state index is 12.7. The van der Waals surface area contributed by atoms with Crippen LogP contribution in [0.2, 0.25) is 0 Å². The zero-order chi connectivity index (χ0) is 17.9. The third kappa shape index (κ3) is 3.28. The Morgan fingerprint density at radius 3 is 2.54 bits per heavy atom. The van der Waals surface area contributed by atoms with Crippen LogP contribution in [-0.4, -0.2) is 62.3 Å². The van der Waals surface area contributed by atoms with Crippen LogP contribution in [0.4, 0.5) is 0 Å². The number of nitrogens with zero attached hydrogens (tertiary/aromatic N) is 1. The van der Waals surface area contributed by atoms with E-state index in [1.54, 1.807) is 6.92 Å². The fourth-order valence-electron chi connectivity index (χ4n) is 4.26. The maximum absolute atomic E-state index is 12.7. The Bertz CT molecular complexity index is 628. The van der Waals surface area contributed by atoms with Crippen molar-refractivity contribution in [1.82, 2.24) is 4.90 Å². The molecule has 3 radical (unpaired) electrons. The largest absolute Gasteiger partial charge is 0.491 e. The predicted molar refractivity (Wildman–Crippen MR) is 101 cm³/mol. The van der Waals surface area contributed by atoms with Crippen molar-refractivity contribution in [2.45, 2.75) is 38.3 Å². The highest BCUT2D eigenvalue weighted by Gasteiger charge is 2.63. The van der Waals surface area contributed by atoms with Crippen LogP contribution in [0.5, 0.6) is 5.75 Å². The second-order valence-electron chi connectivity index (χ2n) is 6.86. The van der Waals surface area contributed by atoms with Crippen molar-refractivity contribution in [3.63, 3.8) is 0 Å². The number of benzene rings is 1. The summed E-state index contributed by atoms with van der Waals surface area (Å²) in [5, 5.41) is 11.3. The van der Waals surface area contributed by atoms with Crippen LogP contribution in [-0.2, 0) is 9.53 Å². The second-order valence-corrected chi connectivity index (χ2v) is 6.86. The van der Waals surface area contributed by atoms with Gasteiger partial charge in [0.2, 0.25) is 0 Å². The number of hydrogen-bond acceptors (Lipinski definition) is 5. The lowest BCUT2D eigenvalue weighted by atomic mass is 9.61. The molecule has 0 aliphatic carbocycles. The molecule has 1 aromatic carbocycles. The monoisotopic (exact) mass is 356 g/mol. The Hall–Kier alpha value is -1.79. The van der Waals surface area contributed by atoms with E-state index < -0.39 is 17.1 Å². The van der Waals surface area contributed by atoms with Crippen LogP contribution >= 0.6 is 0 Å². The fraction of sp³-hybridized carbons (Fsp3) is 0.550. The van der Waals surface area contributed by atoms with Crippen molar-refractivity contribution < 1.29 is 19.4 Å². The zero-order valence-corrected chi connectivity index (χ0v) is 15.6. The number of hydrogen-bond donors (Lipinski definition) is 1. The van der Waals surface area contributed by atoms with Crippen LogP contribution in [0.1, 0.15) is 26.7 Å². The van der Waals surface area contributed by atoms with E-state index in [9.17, 15) is 9.90 Å². The van der Waals surface area contributed by atoms with Gasteiger partial charge < -0.3 is 14.6 Å². The number of aliphatic hydroxyl groups is 1. The number of rotatable bonds is 6. The lowest BCUT2D eigenvalue weighted by Crippen LogP contribution is -2.74. The Labute approximate surface area is 157 Å². The van der Waals surface area contributed by atoms with Crippen molar-refractivity contribution >= 4 is 14.4 Å². The molecule has 6 heteroatoms. The van der Waals surface area contributed by atoms with Crippen LogP contribution in [0.15, 0.2) is 42.5 Å². The average Bonchev–Trinajstić information content (AvgIpc) is 2.65. The molecule has 5 nitrogen and oxygen atoms in total. The third-order valence-corrected chi connectivity index (χ3v) is 5.59. The summed E-state index contributed by atoms with van der Waals surface area (Å²) in [5.74, 6) is 0.474. The summed E-state index contributed by atoms with van der Waals surface area (Å²) < 4.78 is 11.3. The number of carbonyl (C=O) groups excluding carboxylic acids is 1. The lowest BCUT2D eigenvalue weighted by molar-refractivity contribution is -0.203. The number of para-hydroxylation sites is 1. The molecule has 4 rings (SSSR count). The highest BCUT2D eigenvalue weighted by atomic mass is 16.5. The quantitative estimate of drug-likeness (QED) is 0.480. The van der Waals surface area contributed by atoms with Crippen LogP contribution in [0.25, 0.3) is 0 Å². The van der Waals surface area contributed by atoms with E-state index in [-0.39, 0.29) is 14.4 Å². The van der Waals surface area contributed by atoms with E-state index in [0.29, 0.717) is 26.1 Å². The van der Waals surface area contributed by atoms with Gasteiger partial charge in [-0.3, -0.25) is 9.69 Å². The molecule has 3 heterocycles. The van der Waals surface area contributed by atoms with Gasteiger partial charge in [0.1, 0.15) is 17.9 Å². The number of allylic oxidation sites excluding steroid dienone is 1. The van der Waals surface area contributed by atoms with Gasteiger partial charge >= 0.3 is 5.97 Å². The van der Waals surface area contributed by atoms with Crippen LogP contribution in [0.3, 0.4) is 0 Å². The summed E-state index contributed by atoms with van der Waals surface area (Å²) in [6.45, 7) is 5.85. The van der Waals surface area contributed by atoms with E-state index in [4.69, 9.17) is 9.47 Å². The number of ether oxygens (including phenoxy) is 2. The molecule has 0 aromatic heterocycles. The third-order valence-electron chi connectivity index (χ3n) is 5.59. The molecular formula is C20H27BNO4. The first kappa shape index (κ1) is 20.5. The van der Waals surface area contributed by atoms with E-state index in [1.807, 2.05) is 49.4 Å². The normalized spacial score (nSPS) is 32.9. The lowest BCUT2D eigenvalue weighted by Gasteiger charge is -2.60. The van der Waals surface area contributed by atoms with Crippen molar-refractivity contribution in [2.24, 2.45) is 5.41 Å². The van der Waals surface area contributed by atoms with E-state index >= 15 is 0 Å². The van der Waals surface area contributed by atoms with Crippen LogP contribution in [0, 0.1) is 5.41 Å². The molecule has 2 atom stereocenters. The average molecular weight is 356 g/mol. The summed E-state index contributed by atoms with van der Waals surface area (Å²) in [6, 6.07) is 9.56. The smallest absolute Gasteiger partial charge is 0.314 e. The van der Waals surface area contributed by atoms with Gasteiger partial charge in [-0.2, -0.15) is 0 Å². The SMILES string of the molecule is CC=CC1(COc2ccccc2)C(O)C2(C(=O)OCC)CCN1CC2.[B]. The molecule has 1 N–H and O–H groups in total. The van der Waals surface area contributed by atoms with E-state index in [0.717, 1.165) is 18.8 Å². The first-order valence-corrected chi connectivity index (χ1v) is 9.01. The van der Waals surface area contributed by atoms with Gasteiger partial charge in [0.25, 0.3) is 0 Å². The molecule has 3 fully saturated rings. The number of piperidine rings is 3. The molecule has 2 bridgehead atoms. The van der Waals surface area contributed by atoms with Gasteiger partial charge in [0.05, 0.1) is 18.1 Å². The predicted octanol–water partition coefficient (Wildman–Crippen LogP) is 2.02. The molecule has 3 aliphatic rings. The molecule has 0 saturated carbocycles. The molecule has 139 valence electrons. The van der Waals surface area contributed by atoms with E-state index in [1.165, 1.54) is 0 Å². The number of aliphatic hydroxyl groups excluding tert-OH is 1. The molecular weight excluding hydrogens is 329 g/mol. The van der Waals surface area contributed by atoms with Gasteiger partial charge in [0, 0.05) is 21.5 Å². The Balaban J connectivity index is 0.00000243. The Kier molecular flexibility index (Phi) is 6.53. The number of esters is 1. The first-order valence-electron chi connectivity index (χ1n) is 9.01. The first-order chi connectivity index (χ1) is 12.1. The number of carbonyl (C=O) groups is 1. The molecule has 0 spiro atoms. The van der Waals surface area contributed by atoms with Gasteiger partial charge in [0.15, 0.2) is 0 Å². The molecule has 1 aromatic rings. The standard InChI is InChI=1S/C20H27NO4.B/c1-3-10-20(15-25-16-8-6-5-7-9-16)17(22)19(18(23)24-4-2)11-13-21(20)14-12-19;/h3,5-10,17,22H,4,11-15H2,1-2H3;. The minimum atomic E-state index is -0.860. The van der Waals surface area contributed by atoms with Gasteiger partial charge in [-0.25, -0.2) is 0 Å². The van der Waals surface area contributed by atoms with Gasteiger partial charge in [-0.05, 0) is 38.8 Å². The summed E-state index contributed by atoms with van der Waals surface area (Å²) in [7, 11) is 0. The molecule has 3 saturated heterocycles. The Morgan fingerprint density at radius 2 is 1.96 bits per heavy atom. The van der Waals surface area contributed by atoms with Gasteiger partial charge in [-0.1, -0.05) is 30.4 Å². The van der Waals surface area contributed by atoms with Crippen molar-refractivity contribution in [1.29, 1.82) is 0 Å². The summed E-state index contributed by atoms with van der Waals surface area (Å²) in [6.07, 6.45) is 4.29. The molecule has 0 amide bonds. The van der Waals surface area contributed by atoms with Crippen molar-refractivity contribution in [2.75, 3.05) is 26.3 Å². The molecule has 3 aliphatic heterocycles. The van der Waals surface area contributed by atoms with E-state index in [2.05, 4.69) is 4.90 Å². The summed E-state index contributed by atoms with van der Waals surface area (Å²) in [4.78, 5) is 14.9. The van der Waals surface area contributed by atoms with Crippen molar-refractivity contribution in [3.8, 4) is 5.75 Å². The maximum Gasteiger partial charge on any atom is 0.314 e. The zero-order valence-electron chi connectivity index (χ0n) is 15.6. The van der Waals surface area contributed by atoms with Gasteiger partial charge in [-0.15, -0.1) is 0 Å². The minimum absolute atomic E-state index is 0. The Morgan fingerprint density at radius 1 is 1.31 bits per heavy atom. The fourth-order valence-corrected chi connectivity index (χ4v) is 4.26. The molecule has 2 unspecified atom stereocenters. The topological polar surface area (TPSA) is 59.0 Å². The summed E-state index contributed by atoms with van der Waals surface area (Å²) in [5.41, 5.74) is -1.56. The minimum Gasteiger partial charge on any atom is -0.491 e. The molecule has 26 heavy (non-hydrogen) atoms. The number of fused-ring (bicyclic) bond motifs is 3. The second kappa shape index (κ2) is 8.27. The highest BCUT2D eigenvalue weighted by molar-refractivity contribution is 5.79. The highest BCUT2D eigenvalue weighted by Crippen LogP contribution is 2.50.